The first-order valence-corrected chi connectivity index (χ1v) is 11.2. The van der Waals surface area contributed by atoms with Crippen molar-refractivity contribution in [2.24, 2.45) is 5.92 Å². The topological polar surface area (TPSA) is 117 Å². The lowest BCUT2D eigenvalue weighted by atomic mass is 10.1. The first-order valence-electron chi connectivity index (χ1n) is 11.2. The maximum Gasteiger partial charge on any atom is 0.408 e. The average Bonchev–Trinajstić information content (AvgIpc) is 3.61. The van der Waals surface area contributed by atoms with Crippen molar-refractivity contribution < 1.29 is 36.6 Å². The van der Waals surface area contributed by atoms with Crippen LogP contribution in [0.15, 0.2) is 35.4 Å². The van der Waals surface area contributed by atoms with E-state index < -0.39 is 64.5 Å². The predicted molar refractivity (Wildman–Crippen MR) is 118 cm³/mol. The zero-order valence-corrected chi connectivity index (χ0v) is 18.8. The van der Waals surface area contributed by atoms with Gasteiger partial charge in [-0.2, -0.15) is 13.2 Å². The third-order valence-electron chi connectivity index (χ3n) is 6.28. The number of aliphatic hydroxyl groups is 1. The Bertz CT molecular complexity index is 1490. The third-order valence-corrected chi connectivity index (χ3v) is 6.28. The van der Waals surface area contributed by atoms with E-state index in [1.807, 2.05) is 5.32 Å². The van der Waals surface area contributed by atoms with E-state index in [-0.39, 0.29) is 42.7 Å². The number of hydrogen-bond donors (Lipinski definition) is 2. The fourth-order valence-electron chi connectivity index (χ4n) is 4.26. The molecule has 1 aliphatic heterocycles. The Balaban J connectivity index is 1.67. The summed E-state index contributed by atoms with van der Waals surface area (Å²) in [5.41, 5.74) is -2.02. The Morgan fingerprint density at radius 1 is 1.16 bits per heavy atom. The van der Waals surface area contributed by atoms with Gasteiger partial charge in [0, 0.05) is 25.2 Å². The quantitative estimate of drug-likeness (QED) is 0.496. The van der Waals surface area contributed by atoms with E-state index in [0.29, 0.717) is 12.3 Å². The van der Waals surface area contributed by atoms with Gasteiger partial charge in [-0.3, -0.25) is 23.9 Å². The molecule has 0 spiro atoms. The summed E-state index contributed by atoms with van der Waals surface area (Å²) in [6.07, 6.45) is -3.92. The summed E-state index contributed by atoms with van der Waals surface area (Å²) in [5, 5.41) is 11.3. The van der Waals surface area contributed by atoms with Crippen molar-refractivity contribution in [3.05, 3.63) is 58.0 Å². The Kier molecular flexibility index (Phi) is 5.93. The maximum atomic E-state index is 14.7. The molecule has 4 heterocycles. The van der Waals surface area contributed by atoms with Gasteiger partial charge in [0.15, 0.2) is 17.3 Å². The molecular weight excluding hydrogens is 505 g/mol. The maximum absolute atomic E-state index is 14.7. The van der Waals surface area contributed by atoms with Gasteiger partial charge in [-0.1, -0.05) is 0 Å². The molecule has 2 amide bonds. The summed E-state index contributed by atoms with van der Waals surface area (Å²) < 4.78 is 69.5. The number of alkyl halides is 3. The number of halogens is 5. The van der Waals surface area contributed by atoms with Crippen LogP contribution in [0.25, 0.3) is 16.9 Å². The predicted octanol–water partition coefficient (Wildman–Crippen LogP) is 2.23. The second-order valence-corrected chi connectivity index (χ2v) is 8.87. The van der Waals surface area contributed by atoms with Gasteiger partial charge in [-0.15, -0.1) is 0 Å². The number of amides is 2. The van der Waals surface area contributed by atoms with Crippen molar-refractivity contribution in [3.63, 3.8) is 0 Å². The van der Waals surface area contributed by atoms with E-state index in [1.54, 1.807) is 0 Å². The molecule has 1 aliphatic carbocycles. The van der Waals surface area contributed by atoms with E-state index in [9.17, 15) is 41.4 Å². The number of aliphatic hydroxyl groups excluding tert-OH is 1. The number of nitrogens with one attached hydrogen (secondary N) is 1. The molecule has 2 aliphatic rings. The van der Waals surface area contributed by atoms with E-state index in [2.05, 4.69) is 9.97 Å². The highest BCUT2D eigenvalue weighted by Gasteiger charge is 2.50. The second kappa shape index (κ2) is 8.87. The van der Waals surface area contributed by atoms with Crippen molar-refractivity contribution in [2.45, 2.75) is 37.6 Å². The van der Waals surface area contributed by atoms with Crippen LogP contribution in [0.2, 0.25) is 0 Å². The van der Waals surface area contributed by atoms with Gasteiger partial charge in [0.25, 0.3) is 11.8 Å². The minimum Gasteiger partial charge on any atom is -0.383 e. The normalized spacial score (nSPS) is 18.9. The number of fused-ring (bicyclic) bond motifs is 1. The number of nitrogens with zero attached hydrogens (tertiary/aromatic N) is 4. The van der Waals surface area contributed by atoms with E-state index in [1.165, 1.54) is 12.1 Å². The molecule has 9 nitrogen and oxygen atoms in total. The SMILES string of the molecule is O=C(NC(C1CC1)C(F)(F)F)c1cn(-c2ncc(F)cc2F)c2nc(N3CC[C@@H](O)C3=O)ccc2c1=O. The van der Waals surface area contributed by atoms with Crippen molar-refractivity contribution >= 4 is 28.7 Å². The van der Waals surface area contributed by atoms with E-state index in [0.717, 1.165) is 15.7 Å². The minimum atomic E-state index is -4.75. The fraction of sp³-hybridized carbons (Fsp3) is 0.348. The van der Waals surface area contributed by atoms with Crippen molar-refractivity contribution in [1.29, 1.82) is 0 Å². The number of hydrogen-bond acceptors (Lipinski definition) is 6. The van der Waals surface area contributed by atoms with Gasteiger partial charge in [0.05, 0.1) is 11.6 Å². The first-order chi connectivity index (χ1) is 17.5. The van der Waals surface area contributed by atoms with Gasteiger partial charge in [0.2, 0.25) is 5.43 Å². The molecule has 5 rings (SSSR count). The van der Waals surface area contributed by atoms with Gasteiger partial charge >= 0.3 is 6.18 Å². The van der Waals surface area contributed by atoms with Crippen molar-refractivity contribution in [2.75, 3.05) is 11.4 Å². The van der Waals surface area contributed by atoms with Crippen LogP contribution in [0.3, 0.4) is 0 Å². The molecule has 2 fully saturated rings. The van der Waals surface area contributed by atoms with E-state index in [4.69, 9.17) is 0 Å². The van der Waals surface area contributed by atoms with Crippen LogP contribution < -0.4 is 15.6 Å². The van der Waals surface area contributed by atoms with Crippen LogP contribution in [0.4, 0.5) is 27.8 Å². The molecule has 194 valence electrons. The minimum absolute atomic E-state index is 0.00668. The molecule has 2 atom stereocenters. The van der Waals surface area contributed by atoms with Crippen LogP contribution in [0.1, 0.15) is 29.6 Å². The van der Waals surface area contributed by atoms with Gasteiger partial charge in [0.1, 0.15) is 29.3 Å². The molecule has 0 aromatic carbocycles. The fourth-order valence-corrected chi connectivity index (χ4v) is 4.26. The summed E-state index contributed by atoms with van der Waals surface area (Å²) in [4.78, 5) is 47.3. The molecule has 1 unspecified atom stereocenters. The molecule has 14 heteroatoms. The van der Waals surface area contributed by atoms with Crippen molar-refractivity contribution in [1.82, 2.24) is 19.9 Å². The van der Waals surface area contributed by atoms with Crippen LogP contribution in [0, 0.1) is 17.6 Å². The molecular formula is C23H18F5N5O4. The summed E-state index contributed by atoms with van der Waals surface area (Å²) in [6.45, 7) is 0.104. The number of carbonyl (C=O) groups excluding carboxylic acids is 2. The Morgan fingerprint density at radius 2 is 1.89 bits per heavy atom. The zero-order valence-electron chi connectivity index (χ0n) is 18.8. The van der Waals surface area contributed by atoms with Crippen LogP contribution in [-0.4, -0.2) is 56.3 Å². The number of anilines is 1. The Hall–Kier alpha value is -3.94. The Morgan fingerprint density at radius 3 is 2.49 bits per heavy atom. The van der Waals surface area contributed by atoms with Crippen LogP contribution in [-0.2, 0) is 4.79 Å². The molecule has 0 radical (unpaired) electrons. The Labute approximate surface area is 204 Å². The number of rotatable bonds is 5. The standard InChI is InChI=1S/C23H18F5N5O4/c24-11-7-14(25)20(29-8-11)33-9-13(21(36)31-18(10-1-2-10)23(26,27)28)17(35)12-3-4-16(30-19(12)33)32-6-5-15(34)22(32)37/h3-4,7-10,15,18,34H,1-2,5-6H2,(H,31,36)/t15-,18?/m1/s1. The summed E-state index contributed by atoms with van der Waals surface area (Å²) in [7, 11) is 0. The smallest absolute Gasteiger partial charge is 0.383 e. The van der Waals surface area contributed by atoms with E-state index >= 15 is 0 Å². The first kappa shape index (κ1) is 24.7. The molecule has 0 bridgehead atoms. The second-order valence-electron chi connectivity index (χ2n) is 8.87. The third kappa shape index (κ3) is 4.52. The van der Waals surface area contributed by atoms with Crippen LogP contribution >= 0.6 is 0 Å². The summed E-state index contributed by atoms with van der Waals surface area (Å²) in [6, 6.07) is 0.748. The average molecular weight is 523 g/mol. The van der Waals surface area contributed by atoms with Crippen LogP contribution in [0.5, 0.6) is 0 Å². The lowest BCUT2D eigenvalue weighted by molar-refractivity contribution is -0.158. The molecule has 3 aromatic heterocycles. The molecule has 37 heavy (non-hydrogen) atoms. The summed E-state index contributed by atoms with van der Waals surface area (Å²) in [5.74, 6) is -5.63. The monoisotopic (exact) mass is 523 g/mol. The zero-order chi connectivity index (χ0) is 26.6. The summed E-state index contributed by atoms with van der Waals surface area (Å²) >= 11 is 0. The highest BCUT2D eigenvalue weighted by Crippen LogP contribution is 2.40. The highest BCUT2D eigenvalue weighted by atomic mass is 19.4. The number of pyridine rings is 3. The largest absolute Gasteiger partial charge is 0.408 e. The van der Waals surface area contributed by atoms with Gasteiger partial charge < -0.3 is 10.4 Å². The molecule has 1 saturated heterocycles. The lowest BCUT2D eigenvalue weighted by Crippen LogP contribution is -2.48. The highest BCUT2D eigenvalue weighted by molar-refractivity contribution is 6.00. The molecule has 3 aromatic rings. The molecule has 2 N–H and O–H groups in total. The molecule has 1 saturated carbocycles. The lowest BCUT2D eigenvalue weighted by Gasteiger charge is -2.22. The van der Waals surface area contributed by atoms with Gasteiger partial charge in [-0.25, -0.2) is 18.7 Å². The van der Waals surface area contributed by atoms with Crippen molar-refractivity contribution in [3.8, 4) is 5.82 Å². The van der Waals surface area contributed by atoms with Gasteiger partial charge in [-0.05, 0) is 30.9 Å². The number of aromatic nitrogens is 3. The number of carbonyl (C=O) groups is 2.